The molecule has 1 heterocycles. The van der Waals surface area contributed by atoms with Crippen LogP contribution in [0.1, 0.15) is 12.0 Å². The third kappa shape index (κ3) is 1.97. The molecule has 0 saturated heterocycles. The first kappa shape index (κ1) is 10.4. The van der Waals surface area contributed by atoms with E-state index in [1.807, 2.05) is 13.2 Å². The van der Waals surface area contributed by atoms with Crippen molar-refractivity contribution in [1.29, 1.82) is 0 Å². The van der Waals surface area contributed by atoms with E-state index in [9.17, 15) is 4.79 Å². The Morgan fingerprint density at radius 2 is 2.27 bits per heavy atom. The number of carbonyl (C=O) groups is 1. The van der Waals surface area contributed by atoms with E-state index in [1.165, 1.54) is 16.5 Å². The van der Waals surface area contributed by atoms with Crippen LogP contribution in [0.3, 0.4) is 0 Å². The molecule has 0 aliphatic carbocycles. The first-order valence-corrected chi connectivity index (χ1v) is 5.69. The zero-order valence-electron chi connectivity index (χ0n) is 8.53. The van der Waals surface area contributed by atoms with Crippen molar-refractivity contribution in [1.82, 2.24) is 4.57 Å². The van der Waals surface area contributed by atoms with E-state index in [-0.39, 0.29) is 0 Å². The summed E-state index contributed by atoms with van der Waals surface area (Å²) >= 11 is 3.53. The number of rotatable bonds is 3. The second-order valence-corrected chi connectivity index (χ2v) is 4.50. The molecular weight excluding hydrogens is 254 g/mol. The monoisotopic (exact) mass is 265 g/mol. The molecule has 2 nitrogen and oxygen atoms in total. The summed E-state index contributed by atoms with van der Waals surface area (Å²) < 4.78 is 3.19. The van der Waals surface area contributed by atoms with Crippen LogP contribution in [0.5, 0.6) is 0 Å². The maximum atomic E-state index is 10.3. The van der Waals surface area contributed by atoms with Crippen LogP contribution >= 0.6 is 15.9 Å². The lowest BCUT2D eigenvalue weighted by Crippen LogP contribution is -1.87. The lowest BCUT2D eigenvalue weighted by Gasteiger charge is -2.00. The van der Waals surface area contributed by atoms with Gasteiger partial charge in [-0.05, 0) is 40.0 Å². The van der Waals surface area contributed by atoms with E-state index in [0.29, 0.717) is 6.42 Å². The number of hydrogen-bond donors (Lipinski definition) is 0. The molecule has 78 valence electrons. The van der Waals surface area contributed by atoms with Crippen LogP contribution in [0.4, 0.5) is 0 Å². The van der Waals surface area contributed by atoms with Gasteiger partial charge in [-0.1, -0.05) is 6.07 Å². The minimum absolute atomic E-state index is 0.593. The van der Waals surface area contributed by atoms with Gasteiger partial charge in [-0.25, -0.2) is 0 Å². The molecule has 0 aliphatic heterocycles. The number of carbonyl (C=O) groups excluding carboxylic acids is 1. The van der Waals surface area contributed by atoms with Gasteiger partial charge >= 0.3 is 0 Å². The highest BCUT2D eigenvalue weighted by molar-refractivity contribution is 9.10. The van der Waals surface area contributed by atoms with E-state index >= 15 is 0 Å². The lowest BCUT2D eigenvalue weighted by molar-refractivity contribution is -0.107. The van der Waals surface area contributed by atoms with Crippen molar-refractivity contribution in [3.05, 3.63) is 34.4 Å². The van der Waals surface area contributed by atoms with Crippen molar-refractivity contribution in [3.63, 3.8) is 0 Å². The van der Waals surface area contributed by atoms with E-state index < -0.39 is 0 Å². The van der Waals surface area contributed by atoms with Gasteiger partial charge in [0.25, 0.3) is 0 Å². The van der Waals surface area contributed by atoms with Crippen LogP contribution < -0.4 is 0 Å². The Morgan fingerprint density at radius 3 is 3.00 bits per heavy atom. The van der Waals surface area contributed by atoms with E-state index in [1.54, 1.807) is 0 Å². The molecule has 1 aromatic carbocycles. The average molecular weight is 266 g/mol. The molecule has 0 aliphatic rings. The second kappa shape index (κ2) is 4.19. The molecule has 2 rings (SSSR count). The summed E-state index contributed by atoms with van der Waals surface area (Å²) in [5.41, 5.74) is 2.42. The van der Waals surface area contributed by atoms with Crippen molar-refractivity contribution in [2.45, 2.75) is 12.8 Å². The minimum Gasteiger partial charge on any atom is -0.349 e. The van der Waals surface area contributed by atoms with E-state index in [0.717, 1.165) is 17.2 Å². The van der Waals surface area contributed by atoms with Crippen LogP contribution in [-0.4, -0.2) is 10.9 Å². The molecule has 0 amide bonds. The van der Waals surface area contributed by atoms with Gasteiger partial charge in [0, 0.05) is 35.0 Å². The van der Waals surface area contributed by atoms with Gasteiger partial charge in [-0.3, -0.25) is 0 Å². The number of aryl methyl sites for hydroxylation is 2. The van der Waals surface area contributed by atoms with Gasteiger partial charge in [0.15, 0.2) is 0 Å². The Kier molecular flexibility index (Phi) is 2.91. The lowest BCUT2D eigenvalue weighted by atomic mass is 10.1. The van der Waals surface area contributed by atoms with Crippen molar-refractivity contribution >= 4 is 33.1 Å². The normalized spacial score (nSPS) is 10.8. The predicted octanol–water partition coefficient (Wildman–Crippen LogP) is 3.07. The van der Waals surface area contributed by atoms with Crippen molar-refractivity contribution in [2.24, 2.45) is 7.05 Å². The standard InChI is InChI=1S/C12H12BrNO/c1-14-8-11(13)10-7-9(3-2-6-15)4-5-12(10)14/h4-8H,2-3H2,1H3. The van der Waals surface area contributed by atoms with Gasteiger partial charge in [0.1, 0.15) is 6.29 Å². The number of benzene rings is 1. The molecule has 0 radical (unpaired) electrons. The number of aldehydes is 1. The Bertz CT molecular complexity index is 502. The van der Waals surface area contributed by atoms with Gasteiger partial charge in [0.05, 0.1) is 0 Å². The van der Waals surface area contributed by atoms with Crippen LogP contribution in [-0.2, 0) is 18.3 Å². The van der Waals surface area contributed by atoms with Crippen molar-refractivity contribution < 1.29 is 4.79 Å². The third-order valence-electron chi connectivity index (χ3n) is 2.56. The molecule has 3 heteroatoms. The maximum Gasteiger partial charge on any atom is 0.120 e. The smallest absolute Gasteiger partial charge is 0.120 e. The number of nitrogens with zero attached hydrogens (tertiary/aromatic N) is 1. The van der Waals surface area contributed by atoms with Gasteiger partial charge in [-0.15, -0.1) is 0 Å². The number of hydrogen-bond acceptors (Lipinski definition) is 1. The topological polar surface area (TPSA) is 22.0 Å². The number of halogens is 1. The number of fused-ring (bicyclic) bond motifs is 1. The Labute approximate surface area is 97.0 Å². The van der Waals surface area contributed by atoms with Crippen LogP contribution in [0.25, 0.3) is 10.9 Å². The zero-order chi connectivity index (χ0) is 10.8. The molecule has 0 unspecified atom stereocenters. The van der Waals surface area contributed by atoms with E-state index in [2.05, 4.69) is 38.7 Å². The van der Waals surface area contributed by atoms with E-state index in [4.69, 9.17) is 0 Å². The molecule has 0 saturated carbocycles. The summed E-state index contributed by atoms with van der Waals surface area (Å²) in [6.07, 6.45) is 4.43. The third-order valence-corrected chi connectivity index (χ3v) is 3.19. The summed E-state index contributed by atoms with van der Waals surface area (Å²) in [7, 11) is 2.03. The molecule has 0 fully saturated rings. The predicted molar refractivity (Wildman–Crippen MR) is 65.0 cm³/mol. The molecular formula is C12H12BrNO. The maximum absolute atomic E-state index is 10.3. The molecule has 15 heavy (non-hydrogen) atoms. The summed E-state index contributed by atoms with van der Waals surface area (Å²) in [6.45, 7) is 0. The van der Waals surface area contributed by atoms with Crippen molar-refractivity contribution in [2.75, 3.05) is 0 Å². The number of aromatic nitrogens is 1. The first-order chi connectivity index (χ1) is 7.22. The quantitative estimate of drug-likeness (QED) is 0.782. The summed E-state index contributed by atoms with van der Waals surface area (Å²) in [6, 6.07) is 6.32. The highest BCUT2D eigenvalue weighted by Crippen LogP contribution is 2.26. The average Bonchev–Trinajstić information content (AvgIpc) is 2.52. The minimum atomic E-state index is 0.593. The fourth-order valence-corrected chi connectivity index (χ4v) is 2.40. The molecule has 2 aromatic rings. The van der Waals surface area contributed by atoms with Gasteiger partial charge in [0.2, 0.25) is 0 Å². The highest BCUT2D eigenvalue weighted by Gasteiger charge is 2.04. The Morgan fingerprint density at radius 1 is 1.47 bits per heavy atom. The second-order valence-electron chi connectivity index (χ2n) is 3.64. The Hall–Kier alpha value is -1.09. The largest absolute Gasteiger partial charge is 0.349 e. The van der Waals surface area contributed by atoms with Gasteiger partial charge in [-0.2, -0.15) is 0 Å². The summed E-state index contributed by atoms with van der Waals surface area (Å²) in [4.78, 5) is 10.3. The molecule has 1 aromatic heterocycles. The van der Waals surface area contributed by atoms with Gasteiger partial charge < -0.3 is 9.36 Å². The molecule has 0 N–H and O–H groups in total. The first-order valence-electron chi connectivity index (χ1n) is 4.89. The van der Waals surface area contributed by atoms with Crippen LogP contribution in [0.2, 0.25) is 0 Å². The molecule has 0 atom stereocenters. The zero-order valence-corrected chi connectivity index (χ0v) is 10.1. The van der Waals surface area contributed by atoms with Crippen LogP contribution in [0.15, 0.2) is 28.9 Å². The molecule has 0 bridgehead atoms. The summed E-state index contributed by atoms with van der Waals surface area (Å²) in [5.74, 6) is 0. The fourth-order valence-electron chi connectivity index (χ4n) is 1.77. The summed E-state index contributed by atoms with van der Waals surface area (Å²) in [5, 5.41) is 1.21. The van der Waals surface area contributed by atoms with Crippen molar-refractivity contribution in [3.8, 4) is 0 Å². The van der Waals surface area contributed by atoms with Crippen LogP contribution in [0, 0.1) is 0 Å². The highest BCUT2D eigenvalue weighted by atomic mass is 79.9. The molecule has 0 spiro atoms. The Balaban J connectivity index is 2.45. The SMILES string of the molecule is Cn1cc(Br)c2cc(CCC=O)ccc21. The fraction of sp³-hybridized carbons (Fsp3) is 0.250.